The third-order valence-corrected chi connectivity index (χ3v) is 6.04. The first-order valence-electron chi connectivity index (χ1n) is 9.52. The highest BCUT2D eigenvalue weighted by atomic mass is 79.9. The van der Waals surface area contributed by atoms with E-state index in [1.807, 2.05) is 25.1 Å². The minimum Gasteiger partial charge on any atom is -0.490 e. The Morgan fingerprint density at radius 2 is 1.89 bits per heavy atom. The number of rotatable bonds is 5. The second-order valence-electron chi connectivity index (χ2n) is 6.94. The van der Waals surface area contributed by atoms with Crippen molar-refractivity contribution < 1.29 is 14.3 Å². The minimum absolute atomic E-state index is 0.390. The van der Waals surface area contributed by atoms with E-state index in [0.717, 1.165) is 42.4 Å². The summed E-state index contributed by atoms with van der Waals surface area (Å²) in [5.74, 6) is 1.22. The van der Waals surface area contributed by atoms with Crippen LogP contribution in [0.5, 0.6) is 11.5 Å². The van der Waals surface area contributed by atoms with Crippen LogP contribution in [0.25, 0.3) is 0 Å². The lowest BCUT2D eigenvalue weighted by Gasteiger charge is -2.32. The van der Waals surface area contributed by atoms with Gasteiger partial charge in [0.25, 0.3) is 0 Å². The smallest absolute Gasteiger partial charge is 0.344 e. The summed E-state index contributed by atoms with van der Waals surface area (Å²) in [6.07, 6.45) is 2.31. The minimum atomic E-state index is -0.436. The molecule has 0 unspecified atom stereocenters. The summed E-state index contributed by atoms with van der Waals surface area (Å²) >= 11 is 9.09. The molecule has 148 valence electrons. The van der Waals surface area contributed by atoms with Crippen molar-refractivity contribution in [3.63, 3.8) is 0 Å². The number of halogens is 1. The first-order chi connectivity index (χ1) is 13.5. The number of carbonyl (C=O) groups is 1. The van der Waals surface area contributed by atoms with Crippen LogP contribution in [-0.2, 0) is 0 Å². The van der Waals surface area contributed by atoms with Gasteiger partial charge in [0.05, 0.1) is 12.2 Å². The number of ether oxygens (including phenoxy) is 2. The van der Waals surface area contributed by atoms with E-state index in [1.54, 1.807) is 24.3 Å². The molecule has 0 aliphatic carbocycles. The topological polar surface area (TPSA) is 38.8 Å². The molecule has 28 heavy (non-hydrogen) atoms. The van der Waals surface area contributed by atoms with Gasteiger partial charge in [0.1, 0.15) is 4.99 Å². The molecule has 6 heteroatoms. The number of hydrogen-bond acceptors (Lipinski definition) is 4. The number of carbonyl (C=O) groups excluding carboxylic acids is 1. The summed E-state index contributed by atoms with van der Waals surface area (Å²) in [6.45, 7) is 6.60. The van der Waals surface area contributed by atoms with E-state index >= 15 is 0 Å². The second-order valence-corrected chi connectivity index (χ2v) is 8.18. The van der Waals surface area contributed by atoms with Crippen molar-refractivity contribution >= 4 is 39.1 Å². The van der Waals surface area contributed by atoms with Gasteiger partial charge in [-0.3, -0.25) is 0 Å². The highest BCUT2D eigenvalue weighted by Gasteiger charge is 2.21. The molecule has 1 aliphatic heterocycles. The maximum absolute atomic E-state index is 12.5. The van der Waals surface area contributed by atoms with Crippen molar-refractivity contribution in [2.75, 3.05) is 19.7 Å². The molecule has 0 spiro atoms. The standard InChI is InChI=1S/C22H24BrNO3S/c1-3-26-20-14-16(21(28)24-12-10-15(2)11-13-24)8-9-19(20)27-22(25)17-6-4-5-7-18(17)23/h4-9,14-15H,3,10-13H2,1-2H3. The fraction of sp³-hybridized carbons (Fsp3) is 0.364. The zero-order chi connectivity index (χ0) is 20.1. The molecule has 0 aromatic heterocycles. The van der Waals surface area contributed by atoms with Gasteiger partial charge in [-0.05, 0) is 71.9 Å². The highest BCUT2D eigenvalue weighted by Crippen LogP contribution is 2.31. The number of thiocarbonyl (C=S) groups is 1. The Bertz CT molecular complexity index is 863. The fourth-order valence-electron chi connectivity index (χ4n) is 3.17. The van der Waals surface area contributed by atoms with Crippen molar-refractivity contribution in [3.05, 3.63) is 58.1 Å². The van der Waals surface area contributed by atoms with Gasteiger partial charge in [-0.2, -0.15) is 0 Å². The van der Waals surface area contributed by atoms with Gasteiger partial charge in [-0.25, -0.2) is 4.79 Å². The van der Waals surface area contributed by atoms with Crippen LogP contribution in [0.3, 0.4) is 0 Å². The number of esters is 1. The van der Waals surface area contributed by atoms with Crippen LogP contribution in [0.4, 0.5) is 0 Å². The number of likely N-dealkylation sites (tertiary alicyclic amines) is 1. The van der Waals surface area contributed by atoms with E-state index in [-0.39, 0.29) is 0 Å². The molecule has 0 saturated carbocycles. The summed E-state index contributed by atoms with van der Waals surface area (Å²) < 4.78 is 12.0. The lowest BCUT2D eigenvalue weighted by atomic mass is 9.99. The third kappa shape index (κ3) is 4.92. The van der Waals surface area contributed by atoms with Gasteiger partial charge in [-0.1, -0.05) is 31.3 Å². The zero-order valence-electron chi connectivity index (χ0n) is 16.1. The van der Waals surface area contributed by atoms with Crippen molar-refractivity contribution in [2.45, 2.75) is 26.7 Å². The Labute approximate surface area is 180 Å². The first-order valence-corrected chi connectivity index (χ1v) is 10.7. The summed E-state index contributed by atoms with van der Waals surface area (Å²) in [4.78, 5) is 15.6. The molecule has 2 aromatic carbocycles. The van der Waals surface area contributed by atoms with Crippen LogP contribution in [0, 0.1) is 5.92 Å². The predicted octanol–water partition coefficient (Wildman–Crippen LogP) is 5.47. The van der Waals surface area contributed by atoms with Crippen LogP contribution < -0.4 is 9.47 Å². The first kappa shape index (κ1) is 20.8. The summed E-state index contributed by atoms with van der Waals surface area (Å²) in [6, 6.07) is 12.7. The van der Waals surface area contributed by atoms with Crippen LogP contribution in [0.2, 0.25) is 0 Å². The number of nitrogens with zero attached hydrogens (tertiary/aromatic N) is 1. The van der Waals surface area contributed by atoms with Gasteiger partial charge < -0.3 is 14.4 Å². The van der Waals surface area contributed by atoms with Crippen molar-refractivity contribution in [1.29, 1.82) is 0 Å². The Morgan fingerprint density at radius 3 is 2.57 bits per heavy atom. The predicted molar refractivity (Wildman–Crippen MR) is 118 cm³/mol. The zero-order valence-corrected chi connectivity index (χ0v) is 18.5. The van der Waals surface area contributed by atoms with E-state index in [9.17, 15) is 4.79 Å². The van der Waals surface area contributed by atoms with Gasteiger partial charge in [0, 0.05) is 23.1 Å². The van der Waals surface area contributed by atoms with E-state index in [1.165, 1.54) is 0 Å². The molecule has 1 heterocycles. The quantitative estimate of drug-likeness (QED) is 0.335. The number of benzene rings is 2. The monoisotopic (exact) mass is 461 g/mol. The molecular formula is C22H24BrNO3S. The van der Waals surface area contributed by atoms with Gasteiger partial charge in [0.2, 0.25) is 0 Å². The van der Waals surface area contributed by atoms with E-state index in [2.05, 4.69) is 27.8 Å². The van der Waals surface area contributed by atoms with Crippen LogP contribution in [-0.4, -0.2) is 35.6 Å². The molecule has 3 rings (SSSR count). The summed E-state index contributed by atoms with van der Waals surface area (Å²) in [5, 5.41) is 0. The SMILES string of the molecule is CCOc1cc(C(=S)N2CCC(C)CC2)ccc1OC(=O)c1ccccc1Br. The summed E-state index contributed by atoms with van der Waals surface area (Å²) in [7, 11) is 0. The molecule has 2 aromatic rings. The Balaban J connectivity index is 1.80. The third-order valence-electron chi connectivity index (χ3n) is 4.86. The maximum atomic E-state index is 12.5. The number of piperidine rings is 1. The second kappa shape index (κ2) is 9.52. The molecule has 1 saturated heterocycles. The maximum Gasteiger partial charge on any atom is 0.344 e. The van der Waals surface area contributed by atoms with E-state index in [0.29, 0.717) is 28.1 Å². The average molecular weight is 462 g/mol. The van der Waals surface area contributed by atoms with E-state index < -0.39 is 5.97 Å². The lowest BCUT2D eigenvalue weighted by Crippen LogP contribution is -2.37. The van der Waals surface area contributed by atoms with Gasteiger partial charge in [-0.15, -0.1) is 0 Å². The molecule has 1 aliphatic rings. The molecule has 0 amide bonds. The molecule has 4 nitrogen and oxygen atoms in total. The Hall–Kier alpha value is -1.92. The normalized spacial score (nSPS) is 14.6. The molecule has 0 atom stereocenters. The lowest BCUT2D eigenvalue weighted by molar-refractivity contribution is 0.0727. The molecule has 0 radical (unpaired) electrons. The Kier molecular flexibility index (Phi) is 7.08. The Morgan fingerprint density at radius 1 is 1.18 bits per heavy atom. The van der Waals surface area contributed by atoms with E-state index in [4.69, 9.17) is 21.7 Å². The van der Waals surface area contributed by atoms with Gasteiger partial charge >= 0.3 is 5.97 Å². The molecule has 0 N–H and O–H groups in total. The fourth-order valence-corrected chi connectivity index (χ4v) is 3.93. The van der Waals surface area contributed by atoms with Gasteiger partial charge in [0.15, 0.2) is 11.5 Å². The highest BCUT2D eigenvalue weighted by molar-refractivity contribution is 9.10. The van der Waals surface area contributed by atoms with Crippen LogP contribution >= 0.6 is 28.1 Å². The van der Waals surface area contributed by atoms with Crippen molar-refractivity contribution in [3.8, 4) is 11.5 Å². The molecular weight excluding hydrogens is 438 g/mol. The molecule has 0 bridgehead atoms. The number of hydrogen-bond donors (Lipinski definition) is 0. The largest absolute Gasteiger partial charge is 0.490 e. The average Bonchev–Trinajstić information content (AvgIpc) is 2.70. The van der Waals surface area contributed by atoms with Crippen molar-refractivity contribution in [1.82, 2.24) is 4.90 Å². The van der Waals surface area contributed by atoms with Crippen LogP contribution in [0.1, 0.15) is 42.6 Å². The molecule has 1 fully saturated rings. The van der Waals surface area contributed by atoms with Crippen molar-refractivity contribution in [2.24, 2.45) is 5.92 Å². The van der Waals surface area contributed by atoms with Crippen LogP contribution in [0.15, 0.2) is 46.9 Å². The summed E-state index contributed by atoms with van der Waals surface area (Å²) in [5.41, 5.74) is 1.38.